The lowest BCUT2D eigenvalue weighted by Crippen LogP contribution is -2.52. The molecule has 1 atom stereocenters. The summed E-state index contributed by atoms with van der Waals surface area (Å²) in [6.07, 6.45) is -3.51. The Morgan fingerprint density at radius 3 is 2.35 bits per heavy atom. The van der Waals surface area contributed by atoms with E-state index >= 15 is 0 Å². The van der Waals surface area contributed by atoms with Crippen molar-refractivity contribution in [1.29, 1.82) is 0 Å². The number of nitrogens with one attached hydrogen (secondary N) is 1. The number of likely N-dealkylation sites (tertiary alicyclic amines) is 1. The fraction of sp³-hybridized carbons (Fsp3) is 0.562. The molecular weight excluding hydrogens is 329 g/mol. The number of nitrogens with zero attached hydrogens (tertiary/aromatic N) is 1. The number of carbonyl (C=O) groups excluding carboxylic acids is 1. The molecule has 3 rings (SSSR count). The van der Waals surface area contributed by atoms with E-state index in [1.54, 1.807) is 4.90 Å². The fourth-order valence-electron chi connectivity index (χ4n) is 3.28. The first-order chi connectivity index (χ1) is 10.4. The maximum absolute atomic E-state index is 12.7. The zero-order chi connectivity index (χ0) is 15.7. The van der Waals surface area contributed by atoms with Crippen molar-refractivity contribution in [3.05, 3.63) is 35.4 Å². The summed E-state index contributed by atoms with van der Waals surface area (Å²) in [6.45, 7) is 1.03. The number of hydrogen-bond donors (Lipinski definition) is 1. The molecule has 23 heavy (non-hydrogen) atoms. The van der Waals surface area contributed by atoms with Crippen LogP contribution in [0.5, 0.6) is 0 Å². The van der Waals surface area contributed by atoms with E-state index in [4.69, 9.17) is 0 Å². The molecule has 0 aromatic heterocycles. The summed E-state index contributed by atoms with van der Waals surface area (Å²) in [7, 11) is 0. The van der Waals surface area contributed by atoms with Crippen molar-refractivity contribution in [2.45, 2.75) is 38.0 Å². The third-order valence-electron chi connectivity index (χ3n) is 4.65. The predicted octanol–water partition coefficient (Wildman–Crippen LogP) is 2.92. The second-order valence-corrected chi connectivity index (χ2v) is 6.05. The van der Waals surface area contributed by atoms with E-state index in [9.17, 15) is 18.0 Å². The largest absolute Gasteiger partial charge is 0.391 e. The monoisotopic (exact) mass is 348 g/mol. The van der Waals surface area contributed by atoms with E-state index in [1.807, 2.05) is 24.3 Å². The summed E-state index contributed by atoms with van der Waals surface area (Å²) in [5.74, 6) is -1.34. The first-order valence-corrected chi connectivity index (χ1v) is 7.61. The van der Waals surface area contributed by atoms with Crippen molar-refractivity contribution < 1.29 is 18.0 Å². The number of rotatable bonds is 1. The Balaban J connectivity index is 0.00000192. The summed E-state index contributed by atoms with van der Waals surface area (Å²) < 4.78 is 38.0. The SMILES string of the molecule is Cl.O=C(C1Cc2ccccc2CN1)N1CCC(C(F)(F)F)CC1. The third kappa shape index (κ3) is 3.98. The van der Waals surface area contributed by atoms with Crippen LogP contribution in [0.2, 0.25) is 0 Å². The zero-order valence-corrected chi connectivity index (χ0v) is 13.4. The van der Waals surface area contributed by atoms with Crippen molar-refractivity contribution >= 4 is 18.3 Å². The van der Waals surface area contributed by atoms with E-state index in [-0.39, 0.29) is 50.3 Å². The minimum absolute atomic E-state index is 0. The van der Waals surface area contributed by atoms with Crippen LogP contribution in [0, 0.1) is 5.92 Å². The molecule has 0 saturated carbocycles. The lowest BCUT2D eigenvalue weighted by molar-refractivity contribution is -0.186. The molecular formula is C16H20ClF3N2O. The smallest absolute Gasteiger partial charge is 0.341 e. The van der Waals surface area contributed by atoms with Gasteiger partial charge < -0.3 is 10.2 Å². The molecule has 1 N–H and O–H groups in total. The Hall–Kier alpha value is -1.27. The highest BCUT2D eigenvalue weighted by Gasteiger charge is 2.42. The number of benzene rings is 1. The molecule has 128 valence electrons. The molecule has 1 aromatic carbocycles. The van der Waals surface area contributed by atoms with Crippen LogP contribution in [-0.4, -0.2) is 36.1 Å². The van der Waals surface area contributed by atoms with Crippen molar-refractivity contribution in [3.63, 3.8) is 0 Å². The van der Waals surface area contributed by atoms with Gasteiger partial charge in [0.15, 0.2) is 0 Å². The van der Waals surface area contributed by atoms with Crippen molar-refractivity contribution in [2.75, 3.05) is 13.1 Å². The Kier molecular flexibility index (Phi) is 5.57. The van der Waals surface area contributed by atoms with Gasteiger partial charge in [0.25, 0.3) is 0 Å². The van der Waals surface area contributed by atoms with Crippen LogP contribution in [0.15, 0.2) is 24.3 Å². The van der Waals surface area contributed by atoms with E-state index in [0.717, 1.165) is 5.56 Å². The van der Waals surface area contributed by atoms with Gasteiger partial charge in [-0.05, 0) is 30.4 Å². The molecule has 3 nitrogen and oxygen atoms in total. The van der Waals surface area contributed by atoms with Crippen molar-refractivity contribution in [3.8, 4) is 0 Å². The van der Waals surface area contributed by atoms with Crippen molar-refractivity contribution in [1.82, 2.24) is 10.2 Å². The van der Waals surface area contributed by atoms with E-state index in [2.05, 4.69) is 5.32 Å². The third-order valence-corrected chi connectivity index (χ3v) is 4.65. The van der Waals surface area contributed by atoms with Gasteiger partial charge in [-0.2, -0.15) is 13.2 Å². The van der Waals surface area contributed by atoms with Crippen LogP contribution < -0.4 is 5.32 Å². The molecule has 1 unspecified atom stereocenters. The average Bonchev–Trinajstić information content (AvgIpc) is 2.53. The highest BCUT2D eigenvalue weighted by atomic mass is 35.5. The highest BCUT2D eigenvalue weighted by molar-refractivity contribution is 5.85. The highest BCUT2D eigenvalue weighted by Crippen LogP contribution is 2.34. The van der Waals surface area contributed by atoms with Gasteiger partial charge in [0.1, 0.15) is 0 Å². The Morgan fingerprint density at radius 1 is 1.13 bits per heavy atom. The number of fused-ring (bicyclic) bond motifs is 1. The molecule has 1 amide bonds. The fourth-order valence-corrected chi connectivity index (χ4v) is 3.28. The van der Waals surface area contributed by atoms with Gasteiger partial charge >= 0.3 is 6.18 Å². The Morgan fingerprint density at radius 2 is 1.74 bits per heavy atom. The normalized spacial score (nSPS) is 22.2. The quantitative estimate of drug-likeness (QED) is 0.846. The molecule has 7 heteroatoms. The predicted molar refractivity (Wildman–Crippen MR) is 83.4 cm³/mol. The van der Waals surface area contributed by atoms with Gasteiger partial charge in [-0.15, -0.1) is 12.4 Å². The maximum atomic E-state index is 12.7. The molecule has 0 aliphatic carbocycles. The first-order valence-electron chi connectivity index (χ1n) is 7.61. The Bertz CT molecular complexity index is 557. The minimum atomic E-state index is -4.14. The molecule has 2 aliphatic rings. The van der Waals surface area contributed by atoms with Gasteiger partial charge in [-0.1, -0.05) is 24.3 Å². The second-order valence-electron chi connectivity index (χ2n) is 6.05. The molecule has 1 aromatic rings. The van der Waals surface area contributed by atoms with Gasteiger partial charge in [0, 0.05) is 19.6 Å². The van der Waals surface area contributed by atoms with Gasteiger partial charge in [0.05, 0.1) is 12.0 Å². The summed E-state index contributed by atoms with van der Waals surface area (Å²) in [6, 6.07) is 7.62. The number of carbonyl (C=O) groups is 1. The van der Waals surface area contributed by atoms with Gasteiger partial charge in [-0.3, -0.25) is 4.79 Å². The number of piperidine rings is 1. The lowest BCUT2D eigenvalue weighted by atomic mass is 9.93. The molecule has 2 aliphatic heterocycles. The van der Waals surface area contributed by atoms with Crippen LogP contribution in [0.4, 0.5) is 13.2 Å². The molecule has 0 bridgehead atoms. The molecule has 1 saturated heterocycles. The summed E-state index contributed by atoms with van der Waals surface area (Å²) >= 11 is 0. The summed E-state index contributed by atoms with van der Waals surface area (Å²) in [4.78, 5) is 14.1. The standard InChI is InChI=1S/C16H19F3N2O.ClH/c17-16(18,19)13-5-7-21(8-6-13)15(22)14-9-11-3-1-2-4-12(11)10-20-14;/h1-4,13-14,20H,5-10H2;1H. The van der Waals surface area contributed by atoms with Crippen LogP contribution in [0.3, 0.4) is 0 Å². The molecule has 1 fully saturated rings. The second kappa shape index (κ2) is 7.09. The van der Waals surface area contributed by atoms with Gasteiger partial charge in [-0.25, -0.2) is 0 Å². The topological polar surface area (TPSA) is 32.3 Å². The van der Waals surface area contributed by atoms with Crippen LogP contribution in [0.25, 0.3) is 0 Å². The number of halogens is 4. The van der Waals surface area contributed by atoms with Gasteiger partial charge in [0.2, 0.25) is 5.91 Å². The van der Waals surface area contributed by atoms with E-state index in [0.29, 0.717) is 13.0 Å². The van der Waals surface area contributed by atoms with E-state index < -0.39 is 12.1 Å². The first kappa shape index (κ1) is 18.1. The lowest BCUT2D eigenvalue weighted by Gasteiger charge is -2.36. The summed E-state index contributed by atoms with van der Waals surface area (Å²) in [5, 5.41) is 3.20. The molecule has 0 radical (unpaired) electrons. The van der Waals surface area contributed by atoms with Crippen LogP contribution >= 0.6 is 12.4 Å². The van der Waals surface area contributed by atoms with Crippen LogP contribution in [0.1, 0.15) is 24.0 Å². The number of amides is 1. The summed E-state index contributed by atoms with van der Waals surface area (Å²) in [5.41, 5.74) is 2.33. The molecule has 0 spiro atoms. The Labute approximate surface area is 139 Å². The zero-order valence-electron chi connectivity index (χ0n) is 12.6. The molecule has 2 heterocycles. The minimum Gasteiger partial charge on any atom is -0.341 e. The average molecular weight is 349 g/mol. The number of hydrogen-bond acceptors (Lipinski definition) is 2. The number of alkyl halides is 3. The van der Waals surface area contributed by atoms with E-state index in [1.165, 1.54) is 5.56 Å². The van der Waals surface area contributed by atoms with Crippen molar-refractivity contribution in [2.24, 2.45) is 5.92 Å². The maximum Gasteiger partial charge on any atom is 0.391 e. The van der Waals surface area contributed by atoms with Crippen LogP contribution in [-0.2, 0) is 17.8 Å².